The van der Waals surface area contributed by atoms with Crippen LogP contribution in [0.15, 0.2) is 42.5 Å². The molecule has 0 saturated carbocycles. The number of benzene rings is 2. The van der Waals surface area contributed by atoms with Gasteiger partial charge in [-0.15, -0.1) is 0 Å². The van der Waals surface area contributed by atoms with Gasteiger partial charge < -0.3 is 10.5 Å². The molecule has 5 heteroatoms. The first-order chi connectivity index (χ1) is 9.54. The van der Waals surface area contributed by atoms with E-state index in [0.29, 0.717) is 11.3 Å². The van der Waals surface area contributed by atoms with Crippen LogP contribution in [0.25, 0.3) is 0 Å². The van der Waals surface area contributed by atoms with Gasteiger partial charge in [0.15, 0.2) is 0 Å². The van der Waals surface area contributed by atoms with Gasteiger partial charge in [-0.25, -0.2) is 4.39 Å². The molecule has 0 aromatic heterocycles. The molecule has 20 heavy (non-hydrogen) atoms. The second-order valence-electron chi connectivity index (χ2n) is 4.33. The van der Waals surface area contributed by atoms with Crippen molar-refractivity contribution in [1.82, 2.24) is 0 Å². The maximum atomic E-state index is 13.0. The minimum absolute atomic E-state index is 0.0112. The quantitative estimate of drug-likeness (QED) is 0.695. The molecular formula is C15H13ClFNO2. The smallest absolute Gasteiger partial charge is 0.310 e. The summed E-state index contributed by atoms with van der Waals surface area (Å²) in [7, 11) is 0. The summed E-state index contributed by atoms with van der Waals surface area (Å²) in [4.78, 5) is 11.7. The van der Waals surface area contributed by atoms with Crippen LogP contribution in [0.3, 0.4) is 0 Å². The fourth-order valence-corrected chi connectivity index (χ4v) is 1.85. The van der Waals surface area contributed by atoms with Crippen molar-refractivity contribution in [2.24, 2.45) is 0 Å². The van der Waals surface area contributed by atoms with E-state index >= 15 is 0 Å². The Kier molecular flexibility index (Phi) is 4.58. The average molecular weight is 294 g/mol. The molecule has 2 N–H and O–H groups in total. The summed E-state index contributed by atoms with van der Waals surface area (Å²) < 4.78 is 18.1. The number of rotatable bonds is 4. The lowest BCUT2D eigenvalue weighted by molar-refractivity contribution is -0.144. The third kappa shape index (κ3) is 3.96. The van der Waals surface area contributed by atoms with E-state index in [1.165, 1.54) is 18.2 Å². The summed E-state index contributed by atoms with van der Waals surface area (Å²) >= 11 is 5.65. The molecule has 0 spiro atoms. The van der Waals surface area contributed by atoms with E-state index in [2.05, 4.69) is 0 Å². The number of halogens is 2. The lowest BCUT2D eigenvalue weighted by Gasteiger charge is -2.06. The van der Waals surface area contributed by atoms with Gasteiger partial charge in [-0.3, -0.25) is 4.79 Å². The van der Waals surface area contributed by atoms with Crippen molar-refractivity contribution < 1.29 is 13.9 Å². The minimum Gasteiger partial charge on any atom is -0.461 e. The SMILES string of the molecule is Nc1ccc(CC(=O)OCc2ccc(F)c(Cl)c2)cc1. The second-order valence-corrected chi connectivity index (χ2v) is 4.73. The standard InChI is InChI=1S/C15H13ClFNO2/c16-13-7-11(3-6-14(13)17)9-20-15(19)8-10-1-4-12(18)5-2-10/h1-7H,8-9,18H2. The fraction of sp³-hybridized carbons (Fsp3) is 0.133. The molecule has 2 rings (SSSR count). The summed E-state index contributed by atoms with van der Waals surface area (Å²) in [6.07, 6.45) is 0.162. The van der Waals surface area contributed by atoms with Gasteiger partial charge >= 0.3 is 5.97 Å². The molecule has 2 aromatic rings. The monoisotopic (exact) mass is 293 g/mol. The molecular weight excluding hydrogens is 281 g/mol. The predicted molar refractivity (Wildman–Crippen MR) is 75.8 cm³/mol. The first kappa shape index (κ1) is 14.3. The number of hydrogen-bond donors (Lipinski definition) is 1. The third-order valence-electron chi connectivity index (χ3n) is 2.71. The molecule has 0 atom stereocenters. The molecule has 0 bridgehead atoms. The number of ether oxygens (including phenoxy) is 1. The van der Waals surface area contributed by atoms with Crippen LogP contribution in [0.2, 0.25) is 5.02 Å². The number of carbonyl (C=O) groups excluding carboxylic acids is 1. The maximum absolute atomic E-state index is 13.0. The normalized spacial score (nSPS) is 10.3. The predicted octanol–water partition coefficient (Wildman–Crippen LogP) is 3.35. The van der Waals surface area contributed by atoms with E-state index in [9.17, 15) is 9.18 Å². The molecule has 0 saturated heterocycles. The highest BCUT2D eigenvalue weighted by Crippen LogP contribution is 2.16. The Bertz CT molecular complexity index is 614. The van der Waals surface area contributed by atoms with Crippen LogP contribution in [0, 0.1) is 5.82 Å². The zero-order chi connectivity index (χ0) is 14.5. The van der Waals surface area contributed by atoms with Gasteiger partial charge in [0.1, 0.15) is 12.4 Å². The number of hydrogen-bond acceptors (Lipinski definition) is 3. The Balaban J connectivity index is 1.88. The van der Waals surface area contributed by atoms with Gasteiger partial charge in [-0.2, -0.15) is 0 Å². The Labute approximate surface area is 121 Å². The molecule has 0 unspecified atom stereocenters. The van der Waals surface area contributed by atoms with Gasteiger partial charge in [0.25, 0.3) is 0 Å². The molecule has 0 amide bonds. The molecule has 104 valence electrons. The lowest BCUT2D eigenvalue weighted by atomic mass is 10.1. The molecule has 0 heterocycles. The number of esters is 1. The Morgan fingerprint density at radius 1 is 1.15 bits per heavy atom. The number of nitrogen functional groups attached to an aromatic ring is 1. The highest BCUT2D eigenvalue weighted by molar-refractivity contribution is 6.30. The minimum atomic E-state index is -0.497. The van der Waals surface area contributed by atoms with Gasteiger partial charge in [0.05, 0.1) is 11.4 Å². The van der Waals surface area contributed by atoms with Crippen LogP contribution in [0.4, 0.5) is 10.1 Å². The molecule has 0 aliphatic rings. The highest BCUT2D eigenvalue weighted by Gasteiger charge is 2.07. The van der Waals surface area contributed by atoms with E-state index in [-0.39, 0.29) is 24.0 Å². The highest BCUT2D eigenvalue weighted by atomic mass is 35.5. The van der Waals surface area contributed by atoms with Gasteiger partial charge in [0, 0.05) is 5.69 Å². The zero-order valence-corrected chi connectivity index (χ0v) is 11.4. The summed E-state index contributed by atoms with van der Waals surface area (Å²) in [6, 6.07) is 11.2. The first-order valence-electron chi connectivity index (χ1n) is 5.98. The van der Waals surface area contributed by atoms with E-state index in [0.717, 1.165) is 5.56 Å². The van der Waals surface area contributed by atoms with Gasteiger partial charge in [0.2, 0.25) is 0 Å². The maximum Gasteiger partial charge on any atom is 0.310 e. The van der Waals surface area contributed by atoms with E-state index in [4.69, 9.17) is 22.1 Å². The molecule has 2 aromatic carbocycles. The molecule has 0 aliphatic carbocycles. The van der Waals surface area contributed by atoms with Crippen molar-refractivity contribution in [3.8, 4) is 0 Å². The van der Waals surface area contributed by atoms with Crippen molar-refractivity contribution >= 4 is 23.3 Å². The number of carbonyl (C=O) groups is 1. The molecule has 0 fully saturated rings. The van der Waals surface area contributed by atoms with Crippen LogP contribution in [0.5, 0.6) is 0 Å². The second kappa shape index (κ2) is 6.39. The Hall–Kier alpha value is -2.07. The summed E-state index contributed by atoms with van der Waals surface area (Å²) in [5.41, 5.74) is 7.66. The fourth-order valence-electron chi connectivity index (χ4n) is 1.65. The largest absolute Gasteiger partial charge is 0.461 e. The van der Waals surface area contributed by atoms with E-state index in [1.807, 2.05) is 0 Å². The Morgan fingerprint density at radius 2 is 1.80 bits per heavy atom. The van der Waals surface area contributed by atoms with Crippen LogP contribution >= 0.6 is 11.6 Å². The lowest BCUT2D eigenvalue weighted by Crippen LogP contribution is -2.08. The first-order valence-corrected chi connectivity index (χ1v) is 6.36. The zero-order valence-electron chi connectivity index (χ0n) is 10.6. The van der Waals surface area contributed by atoms with E-state index in [1.54, 1.807) is 24.3 Å². The molecule has 0 aliphatic heterocycles. The van der Waals surface area contributed by atoms with Crippen LogP contribution in [-0.4, -0.2) is 5.97 Å². The van der Waals surface area contributed by atoms with Gasteiger partial charge in [-0.1, -0.05) is 29.8 Å². The topological polar surface area (TPSA) is 52.3 Å². The summed E-state index contributed by atoms with van der Waals surface area (Å²) in [5, 5.41) is 0.0112. The summed E-state index contributed by atoms with van der Waals surface area (Å²) in [5.74, 6) is -0.862. The van der Waals surface area contributed by atoms with Crippen molar-refractivity contribution in [1.29, 1.82) is 0 Å². The number of nitrogens with two attached hydrogens (primary N) is 1. The van der Waals surface area contributed by atoms with Crippen LogP contribution in [-0.2, 0) is 22.6 Å². The van der Waals surface area contributed by atoms with Crippen LogP contribution < -0.4 is 5.73 Å². The van der Waals surface area contributed by atoms with Crippen molar-refractivity contribution in [2.45, 2.75) is 13.0 Å². The average Bonchev–Trinajstić information content (AvgIpc) is 2.43. The van der Waals surface area contributed by atoms with Crippen molar-refractivity contribution in [3.63, 3.8) is 0 Å². The van der Waals surface area contributed by atoms with Crippen LogP contribution in [0.1, 0.15) is 11.1 Å². The van der Waals surface area contributed by atoms with Crippen molar-refractivity contribution in [3.05, 3.63) is 64.4 Å². The summed E-state index contributed by atoms with van der Waals surface area (Å²) in [6.45, 7) is 0.0633. The van der Waals surface area contributed by atoms with E-state index < -0.39 is 5.82 Å². The third-order valence-corrected chi connectivity index (χ3v) is 3.00. The number of anilines is 1. The molecule has 0 radical (unpaired) electrons. The molecule has 3 nitrogen and oxygen atoms in total. The Morgan fingerprint density at radius 3 is 2.45 bits per heavy atom. The van der Waals surface area contributed by atoms with Crippen molar-refractivity contribution in [2.75, 3.05) is 5.73 Å². The van der Waals surface area contributed by atoms with Gasteiger partial charge in [-0.05, 0) is 35.4 Å².